The van der Waals surface area contributed by atoms with E-state index in [0.717, 1.165) is 6.26 Å². The topological polar surface area (TPSA) is 114 Å². The Kier molecular flexibility index (Phi) is 5.32. The third kappa shape index (κ3) is 3.90. The van der Waals surface area contributed by atoms with E-state index in [0.29, 0.717) is 5.56 Å². The van der Waals surface area contributed by atoms with E-state index in [2.05, 4.69) is 5.32 Å². The highest BCUT2D eigenvalue weighted by atomic mass is 32.2. The van der Waals surface area contributed by atoms with E-state index in [1.54, 1.807) is 37.3 Å². The Balaban J connectivity index is 2.22. The molecule has 0 saturated carbocycles. The molecule has 0 saturated heterocycles. The molecule has 2 aromatic rings. The summed E-state index contributed by atoms with van der Waals surface area (Å²) < 4.78 is 27.8. The number of carboxylic acid groups (broad SMARTS) is 1. The summed E-state index contributed by atoms with van der Waals surface area (Å²) >= 11 is 0. The quantitative estimate of drug-likeness (QED) is 0.774. The van der Waals surface area contributed by atoms with Gasteiger partial charge in [-0.05, 0) is 24.1 Å². The van der Waals surface area contributed by atoms with Crippen LogP contribution in [0.2, 0.25) is 0 Å². The number of benzene rings is 1. The zero-order valence-electron chi connectivity index (χ0n) is 13.9. The summed E-state index contributed by atoms with van der Waals surface area (Å²) in [6, 6.07) is 11.1. The van der Waals surface area contributed by atoms with Gasteiger partial charge in [0.25, 0.3) is 5.91 Å². The Hall–Kier alpha value is -2.61. The van der Waals surface area contributed by atoms with Crippen LogP contribution in [0.5, 0.6) is 0 Å². The van der Waals surface area contributed by atoms with Gasteiger partial charge >= 0.3 is 5.97 Å². The van der Waals surface area contributed by atoms with Gasteiger partial charge in [0.2, 0.25) is 14.9 Å². The first-order chi connectivity index (χ1) is 11.7. The number of sulfone groups is 1. The molecule has 0 aliphatic carbocycles. The van der Waals surface area contributed by atoms with Crippen molar-refractivity contribution in [2.45, 2.75) is 23.9 Å². The number of hydrogen-bond donors (Lipinski definition) is 2. The summed E-state index contributed by atoms with van der Waals surface area (Å²) in [5.74, 6) is -1.92. The molecule has 1 aromatic carbocycles. The average molecular weight is 365 g/mol. The van der Waals surface area contributed by atoms with E-state index in [4.69, 9.17) is 4.42 Å². The fourth-order valence-corrected chi connectivity index (χ4v) is 3.05. The first kappa shape index (κ1) is 18.7. The predicted molar refractivity (Wildman–Crippen MR) is 90.2 cm³/mol. The Morgan fingerprint density at radius 2 is 1.80 bits per heavy atom. The molecule has 25 heavy (non-hydrogen) atoms. The van der Waals surface area contributed by atoms with Gasteiger partial charge in [0.1, 0.15) is 5.41 Å². The van der Waals surface area contributed by atoms with Crippen molar-refractivity contribution in [2.75, 3.05) is 12.8 Å². The van der Waals surface area contributed by atoms with Gasteiger partial charge in [0, 0.05) is 12.8 Å². The van der Waals surface area contributed by atoms with Crippen molar-refractivity contribution < 1.29 is 27.5 Å². The number of amides is 1. The van der Waals surface area contributed by atoms with Gasteiger partial charge in [-0.3, -0.25) is 9.59 Å². The molecule has 0 bridgehead atoms. The van der Waals surface area contributed by atoms with Crippen molar-refractivity contribution in [3.8, 4) is 0 Å². The third-order valence-electron chi connectivity index (χ3n) is 4.06. The van der Waals surface area contributed by atoms with Crippen molar-refractivity contribution in [1.82, 2.24) is 5.32 Å². The summed E-state index contributed by atoms with van der Waals surface area (Å²) in [5.41, 5.74) is -0.718. The summed E-state index contributed by atoms with van der Waals surface area (Å²) in [6.45, 7) is 1.57. The molecule has 0 aliphatic heterocycles. The van der Waals surface area contributed by atoms with Crippen molar-refractivity contribution in [1.29, 1.82) is 0 Å². The molecule has 1 aromatic heterocycles. The minimum absolute atomic E-state index is 0.156. The average Bonchev–Trinajstić information content (AvgIpc) is 3.07. The molecular weight excluding hydrogens is 346 g/mol. The molecule has 1 heterocycles. The smallest absolute Gasteiger partial charge is 0.315 e. The summed E-state index contributed by atoms with van der Waals surface area (Å²) in [4.78, 5) is 24.1. The number of aliphatic carboxylic acids is 1. The first-order valence-electron chi connectivity index (χ1n) is 7.57. The lowest BCUT2D eigenvalue weighted by Gasteiger charge is -2.28. The van der Waals surface area contributed by atoms with Crippen LogP contribution in [-0.4, -0.2) is 38.2 Å². The highest BCUT2D eigenvalue weighted by Gasteiger charge is 2.39. The van der Waals surface area contributed by atoms with Crippen LogP contribution in [0.15, 0.2) is 52.0 Å². The van der Waals surface area contributed by atoms with Crippen LogP contribution in [-0.2, 0) is 20.0 Å². The Labute approximate surface area is 145 Å². The molecule has 0 fully saturated rings. The zero-order valence-corrected chi connectivity index (χ0v) is 14.7. The van der Waals surface area contributed by atoms with Crippen LogP contribution >= 0.6 is 0 Å². The number of hydrogen-bond acceptors (Lipinski definition) is 5. The molecule has 0 spiro atoms. The van der Waals surface area contributed by atoms with Gasteiger partial charge in [-0.15, -0.1) is 0 Å². The van der Waals surface area contributed by atoms with E-state index in [1.165, 1.54) is 12.1 Å². The zero-order chi connectivity index (χ0) is 18.7. The highest BCUT2D eigenvalue weighted by molar-refractivity contribution is 7.90. The van der Waals surface area contributed by atoms with Gasteiger partial charge in [0.15, 0.2) is 5.76 Å². The molecule has 2 rings (SSSR count). The van der Waals surface area contributed by atoms with Crippen LogP contribution in [0, 0.1) is 0 Å². The van der Waals surface area contributed by atoms with Gasteiger partial charge in [-0.1, -0.05) is 37.3 Å². The lowest BCUT2D eigenvalue weighted by Crippen LogP contribution is -2.46. The summed E-state index contributed by atoms with van der Waals surface area (Å²) in [5, 5.41) is 11.9. The molecule has 0 radical (unpaired) electrons. The van der Waals surface area contributed by atoms with E-state index in [1.807, 2.05) is 0 Å². The number of carboxylic acids is 1. The number of carbonyl (C=O) groups is 2. The van der Waals surface area contributed by atoms with Gasteiger partial charge in [0.05, 0.1) is 0 Å². The molecule has 1 amide bonds. The standard InChI is InChI=1S/C17H19NO6S/c1-3-17(16(20)21,12-7-5-4-6-8-12)11-18-15(19)13-9-10-14(24-13)25(2,22)23/h4-10H,3,11H2,1-2H3,(H,18,19)(H,20,21). The minimum atomic E-state index is -3.56. The van der Waals surface area contributed by atoms with E-state index in [9.17, 15) is 23.1 Å². The molecule has 1 unspecified atom stereocenters. The Morgan fingerprint density at radius 1 is 1.16 bits per heavy atom. The normalized spacial score (nSPS) is 13.8. The summed E-state index contributed by atoms with van der Waals surface area (Å²) in [7, 11) is -3.56. The second-order valence-corrected chi connectivity index (χ2v) is 7.63. The van der Waals surface area contributed by atoms with Crippen LogP contribution in [0.3, 0.4) is 0 Å². The van der Waals surface area contributed by atoms with Crippen molar-refractivity contribution in [2.24, 2.45) is 0 Å². The summed E-state index contributed by atoms with van der Waals surface area (Å²) in [6.07, 6.45) is 1.23. The molecule has 2 N–H and O–H groups in total. The van der Waals surface area contributed by atoms with Gasteiger partial charge in [-0.25, -0.2) is 8.42 Å². The maximum Gasteiger partial charge on any atom is 0.315 e. The number of carbonyl (C=O) groups excluding carboxylic acids is 1. The van der Waals surface area contributed by atoms with Crippen LogP contribution in [0.1, 0.15) is 29.5 Å². The number of furan rings is 1. The van der Waals surface area contributed by atoms with E-state index < -0.39 is 27.1 Å². The second-order valence-electron chi connectivity index (χ2n) is 5.68. The molecular formula is C17H19NO6S. The number of rotatable bonds is 7. The van der Waals surface area contributed by atoms with Crippen molar-refractivity contribution >= 4 is 21.7 Å². The van der Waals surface area contributed by atoms with E-state index >= 15 is 0 Å². The van der Waals surface area contributed by atoms with Crippen molar-refractivity contribution in [3.63, 3.8) is 0 Å². The maximum atomic E-state index is 12.2. The fourth-order valence-electron chi connectivity index (χ4n) is 2.50. The second kappa shape index (κ2) is 7.10. The molecule has 134 valence electrons. The third-order valence-corrected chi connectivity index (χ3v) is 5.01. The Morgan fingerprint density at radius 3 is 2.28 bits per heavy atom. The number of nitrogens with one attached hydrogen (secondary N) is 1. The largest absolute Gasteiger partial charge is 0.481 e. The van der Waals surface area contributed by atoms with E-state index in [-0.39, 0.29) is 23.8 Å². The highest BCUT2D eigenvalue weighted by Crippen LogP contribution is 2.28. The molecule has 8 heteroatoms. The monoisotopic (exact) mass is 365 g/mol. The predicted octanol–water partition coefficient (Wildman–Crippen LogP) is 1.85. The lowest BCUT2D eigenvalue weighted by atomic mass is 9.78. The van der Waals surface area contributed by atoms with Crippen LogP contribution < -0.4 is 5.32 Å². The SMILES string of the molecule is CCC(CNC(=O)c1ccc(S(C)(=O)=O)o1)(C(=O)O)c1ccccc1. The minimum Gasteiger partial charge on any atom is -0.481 e. The fraction of sp³-hybridized carbons (Fsp3) is 0.294. The molecule has 7 nitrogen and oxygen atoms in total. The van der Waals surface area contributed by atoms with Gasteiger partial charge < -0.3 is 14.8 Å². The van der Waals surface area contributed by atoms with Crippen molar-refractivity contribution in [3.05, 3.63) is 53.8 Å². The van der Waals surface area contributed by atoms with Crippen LogP contribution in [0.25, 0.3) is 0 Å². The molecule has 0 aliphatic rings. The molecule has 1 atom stereocenters. The van der Waals surface area contributed by atoms with Gasteiger partial charge in [-0.2, -0.15) is 0 Å². The Bertz CT molecular complexity index is 872. The maximum absolute atomic E-state index is 12.2. The van der Waals surface area contributed by atoms with Crippen LogP contribution in [0.4, 0.5) is 0 Å². The lowest BCUT2D eigenvalue weighted by molar-refractivity contribution is -0.143. The first-order valence-corrected chi connectivity index (χ1v) is 9.47.